The van der Waals surface area contributed by atoms with Crippen molar-refractivity contribution in [2.24, 2.45) is 0 Å². The highest BCUT2D eigenvalue weighted by atomic mass is 35.5. The fourth-order valence-electron chi connectivity index (χ4n) is 1.04. The van der Waals surface area contributed by atoms with E-state index >= 15 is 0 Å². The van der Waals surface area contributed by atoms with E-state index in [0.717, 1.165) is 0 Å². The number of carbonyl (C=O) groups is 2. The second kappa shape index (κ2) is 11.2. The molecule has 0 rings (SSSR count). The Morgan fingerprint density at radius 3 is 1.19 bits per heavy atom. The zero-order valence-corrected chi connectivity index (χ0v) is 15.7. The van der Waals surface area contributed by atoms with Gasteiger partial charge in [-0.25, -0.2) is 9.59 Å². The molecule has 0 aliphatic carbocycles. The van der Waals surface area contributed by atoms with Gasteiger partial charge in [0.25, 0.3) is 0 Å². The Balaban J connectivity index is 4.16. The minimum absolute atomic E-state index is 0.357. The summed E-state index contributed by atoms with van der Waals surface area (Å²) in [5.74, 6) is -3.10. The molecule has 0 spiro atoms. The maximum atomic E-state index is 12.2. The quantitative estimate of drug-likeness (QED) is 0.217. The van der Waals surface area contributed by atoms with Gasteiger partial charge in [-0.15, -0.1) is 0 Å². The SMILES string of the molecule is O=C(OCCOCCOC(=O)C(Cl)=C(Cl)C(F)(F)F)C(Cl)=C(Cl)C(F)(F)F. The van der Waals surface area contributed by atoms with Crippen LogP contribution in [0.3, 0.4) is 0 Å². The molecule has 0 radical (unpaired) electrons. The first-order valence-corrected chi connectivity index (χ1v) is 7.87. The molecule has 0 aromatic heterocycles. The Bertz CT molecular complexity index is 562. The van der Waals surface area contributed by atoms with Gasteiger partial charge in [0, 0.05) is 0 Å². The molecule has 27 heavy (non-hydrogen) atoms. The van der Waals surface area contributed by atoms with Crippen LogP contribution < -0.4 is 0 Å². The van der Waals surface area contributed by atoms with Crippen LogP contribution in [0.25, 0.3) is 0 Å². The topological polar surface area (TPSA) is 61.8 Å². The second-order valence-corrected chi connectivity index (χ2v) is 5.65. The first-order chi connectivity index (χ1) is 12.2. The summed E-state index contributed by atoms with van der Waals surface area (Å²) in [5, 5.41) is -6.46. The van der Waals surface area contributed by atoms with Gasteiger partial charge >= 0.3 is 24.3 Å². The molecule has 0 N–H and O–H groups in total. The molecule has 0 saturated carbocycles. The molecule has 0 amide bonds. The minimum Gasteiger partial charge on any atom is -0.459 e. The lowest BCUT2D eigenvalue weighted by atomic mass is 10.4. The zero-order valence-electron chi connectivity index (χ0n) is 12.6. The van der Waals surface area contributed by atoms with Gasteiger partial charge in [0.2, 0.25) is 0 Å². The fraction of sp³-hybridized carbons (Fsp3) is 0.500. The van der Waals surface area contributed by atoms with Gasteiger partial charge in [0.05, 0.1) is 13.2 Å². The van der Waals surface area contributed by atoms with E-state index < -0.39 is 57.6 Å². The van der Waals surface area contributed by atoms with Crippen molar-refractivity contribution >= 4 is 58.3 Å². The van der Waals surface area contributed by atoms with E-state index in [9.17, 15) is 35.9 Å². The van der Waals surface area contributed by atoms with Crippen molar-refractivity contribution in [3.8, 4) is 0 Å². The summed E-state index contributed by atoms with van der Waals surface area (Å²) in [6.07, 6.45) is -10.1. The molecular weight excluding hydrogens is 480 g/mol. The van der Waals surface area contributed by atoms with Crippen LogP contribution in [-0.4, -0.2) is 50.7 Å². The molecule has 0 heterocycles. The van der Waals surface area contributed by atoms with Crippen molar-refractivity contribution in [2.75, 3.05) is 26.4 Å². The number of carbonyl (C=O) groups excluding carboxylic acids is 2. The molecule has 0 bridgehead atoms. The predicted octanol–water partition coefficient (Wildman–Crippen LogP) is 4.59. The summed E-state index contributed by atoms with van der Waals surface area (Å²) in [6.45, 7) is -1.79. The maximum absolute atomic E-state index is 12.2. The van der Waals surface area contributed by atoms with E-state index in [1.54, 1.807) is 0 Å². The largest absolute Gasteiger partial charge is 0.459 e. The third-order valence-corrected chi connectivity index (χ3v) is 3.85. The van der Waals surface area contributed by atoms with Crippen molar-refractivity contribution in [1.82, 2.24) is 0 Å². The fourth-order valence-corrected chi connectivity index (χ4v) is 1.52. The third kappa shape index (κ3) is 9.74. The standard InChI is InChI=1S/C12H8Cl4F6O5/c13-5(7(15)11(17,18)19)9(23)26-3-1-25-2-4-27-10(24)6(14)8(16)12(20,21)22/h1-4H2. The summed E-state index contributed by atoms with van der Waals surface area (Å²) in [7, 11) is 0. The first-order valence-electron chi connectivity index (χ1n) is 6.36. The number of allylic oxidation sites excluding steroid dienone is 2. The molecule has 0 fully saturated rings. The van der Waals surface area contributed by atoms with E-state index in [1.807, 2.05) is 0 Å². The van der Waals surface area contributed by atoms with E-state index in [0.29, 0.717) is 0 Å². The van der Waals surface area contributed by atoms with Crippen LogP contribution in [0.5, 0.6) is 0 Å². The van der Waals surface area contributed by atoms with Crippen LogP contribution in [0.2, 0.25) is 0 Å². The van der Waals surface area contributed by atoms with Gasteiger partial charge in [-0.1, -0.05) is 46.4 Å². The van der Waals surface area contributed by atoms with Crippen molar-refractivity contribution < 1.29 is 50.1 Å². The van der Waals surface area contributed by atoms with E-state index in [1.165, 1.54) is 0 Å². The number of rotatable bonds is 8. The first kappa shape index (κ1) is 26.1. The number of hydrogen-bond donors (Lipinski definition) is 0. The highest BCUT2D eigenvalue weighted by Crippen LogP contribution is 2.34. The summed E-state index contributed by atoms with van der Waals surface area (Å²) < 4.78 is 86.6. The van der Waals surface area contributed by atoms with Crippen LogP contribution in [0.15, 0.2) is 20.1 Å². The molecular formula is C12H8Cl4F6O5. The van der Waals surface area contributed by atoms with Gasteiger partial charge in [-0.05, 0) is 0 Å². The summed E-state index contributed by atoms with van der Waals surface area (Å²) in [6, 6.07) is 0. The molecule has 0 aromatic carbocycles. The smallest absolute Gasteiger partial charge is 0.428 e. The third-order valence-electron chi connectivity index (χ3n) is 2.16. The number of alkyl halides is 6. The Morgan fingerprint density at radius 2 is 0.926 bits per heavy atom. The van der Waals surface area contributed by atoms with Gasteiger partial charge in [-0.3, -0.25) is 0 Å². The average molecular weight is 488 g/mol. The number of halogens is 10. The second-order valence-electron chi connectivity index (χ2n) is 4.14. The van der Waals surface area contributed by atoms with Crippen LogP contribution in [0.1, 0.15) is 0 Å². The number of ether oxygens (including phenoxy) is 3. The molecule has 0 aliphatic heterocycles. The van der Waals surface area contributed by atoms with Gasteiger partial charge in [-0.2, -0.15) is 26.3 Å². The summed E-state index contributed by atoms with van der Waals surface area (Å²) >= 11 is 19.9. The van der Waals surface area contributed by atoms with E-state index in [-0.39, 0.29) is 13.2 Å². The average Bonchev–Trinajstić information content (AvgIpc) is 2.55. The Morgan fingerprint density at radius 1 is 0.630 bits per heavy atom. The lowest BCUT2D eigenvalue weighted by Crippen LogP contribution is -2.18. The lowest BCUT2D eigenvalue weighted by Gasteiger charge is -2.09. The van der Waals surface area contributed by atoms with Gasteiger partial charge < -0.3 is 14.2 Å². The van der Waals surface area contributed by atoms with Crippen molar-refractivity contribution in [3.63, 3.8) is 0 Å². The molecule has 0 aliphatic rings. The van der Waals surface area contributed by atoms with Crippen LogP contribution >= 0.6 is 46.4 Å². The molecule has 0 atom stereocenters. The van der Waals surface area contributed by atoms with Crippen molar-refractivity contribution in [2.45, 2.75) is 12.4 Å². The summed E-state index contributed by atoms with van der Waals surface area (Å²) in [4.78, 5) is 22.4. The van der Waals surface area contributed by atoms with Gasteiger partial charge in [0.1, 0.15) is 33.3 Å². The van der Waals surface area contributed by atoms with Crippen molar-refractivity contribution in [3.05, 3.63) is 20.1 Å². The zero-order chi connectivity index (χ0) is 21.4. The Kier molecular flexibility index (Phi) is 10.8. The maximum Gasteiger partial charge on any atom is 0.428 e. The molecule has 0 unspecified atom stereocenters. The van der Waals surface area contributed by atoms with Gasteiger partial charge in [0.15, 0.2) is 0 Å². The normalized spacial score (nSPS) is 14.3. The van der Waals surface area contributed by atoms with Crippen LogP contribution in [0.4, 0.5) is 26.3 Å². The summed E-state index contributed by atoms with van der Waals surface area (Å²) in [5.41, 5.74) is 0. The molecule has 156 valence electrons. The molecule has 0 aromatic rings. The monoisotopic (exact) mass is 486 g/mol. The number of hydrogen-bond acceptors (Lipinski definition) is 5. The Hall–Kier alpha value is -0.880. The Labute approximate surface area is 167 Å². The highest BCUT2D eigenvalue weighted by Gasteiger charge is 2.38. The number of esters is 2. The highest BCUT2D eigenvalue weighted by molar-refractivity contribution is 6.48. The van der Waals surface area contributed by atoms with E-state index in [4.69, 9.17) is 51.1 Å². The molecule has 15 heteroatoms. The molecule has 0 saturated heterocycles. The molecule has 5 nitrogen and oxygen atoms in total. The van der Waals surface area contributed by atoms with Crippen LogP contribution in [0, 0.1) is 0 Å². The van der Waals surface area contributed by atoms with Crippen LogP contribution in [-0.2, 0) is 23.8 Å². The van der Waals surface area contributed by atoms with E-state index in [2.05, 4.69) is 9.47 Å². The predicted molar refractivity (Wildman–Crippen MR) is 82.3 cm³/mol. The van der Waals surface area contributed by atoms with Crippen molar-refractivity contribution in [1.29, 1.82) is 0 Å². The minimum atomic E-state index is -5.03. The lowest BCUT2D eigenvalue weighted by molar-refractivity contribution is -0.142.